The van der Waals surface area contributed by atoms with E-state index in [9.17, 15) is 28.0 Å². The maximum Gasteiger partial charge on any atom is 0.257 e. The summed E-state index contributed by atoms with van der Waals surface area (Å²) in [6.45, 7) is 2.06. The van der Waals surface area contributed by atoms with E-state index >= 15 is 0 Å². The molecule has 2 aromatic carbocycles. The van der Waals surface area contributed by atoms with Gasteiger partial charge in [0.15, 0.2) is 11.6 Å². The van der Waals surface area contributed by atoms with Gasteiger partial charge in [-0.25, -0.2) is 8.78 Å². The van der Waals surface area contributed by atoms with Crippen LogP contribution >= 0.6 is 0 Å². The van der Waals surface area contributed by atoms with Gasteiger partial charge in [0.05, 0.1) is 11.3 Å². The molecule has 2 atom stereocenters. The summed E-state index contributed by atoms with van der Waals surface area (Å²) in [7, 11) is 1.37. The number of amides is 4. The molecule has 0 bridgehead atoms. The van der Waals surface area contributed by atoms with Gasteiger partial charge in [0, 0.05) is 26.4 Å². The Morgan fingerprint density at radius 3 is 2.57 bits per heavy atom. The SMILES string of the molecule is CNC(=O)C(NC(=O)CCCN1C(=O)c2ccccc2N2C(=O)CCC12C)c1ccc(F)c(F)c1. The van der Waals surface area contributed by atoms with Crippen LogP contribution in [0.4, 0.5) is 14.5 Å². The molecule has 1 saturated heterocycles. The van der Waals surface area contributed by atoms with Crippen molar-refractivity contribution in [3.8, 4) is 0 Å². The molecular weight excluding hydrogens is 458 g/mol. The molecule has 0 spiro atoms. The Balaban J connectivity index is 1.45. The molecule has 4 rings (SSSR count). The van der Waals surface area contributed by atoms with Gasteiger partial charge in [-0.05, 0) is 49.6 Å². The lowest BCUT2D eigenvalue weighted by Gasteiger charge is -2.48. The minimum atomic E-state index is -1.20. The summed E-state index contributed by atoms with van der Waals surface area (Å²) >= 11 is 0. The first-order valence-electron chi connectivity index (χ1n) is 11.4. The van der Waals surface area contributed by atoms with Gasteiger partial charge >= 0.3 is 0 Å². The first kappa shape index (κ1) is 24.3. The number of benzene rings is 2. The molecule has 2 unspecified atom stereocenters. The number of likely N-dealkylation sites (N-methyl/N-ethyl adjacent to an activating group) is 1. The fourth-order valence-corrected chi connectivity index (χ4v) is 4.81. The number of rotatable bonds is 7. The van der Waals surface area contributed by atoms with Gasteiger partial charge in [-0.15, -0.1) is 0 Å². The molecule has 0 saturated carbocycles. The molecule has 2 heterocycles. The van der Waals surface area contributed by atoms with Gasteiger partial charge in [-0.2, -0.15) is 0 Å². The first-order chi connectivity index (χ1) is 16.7. The van der Waals surface area contributed by atoms with Gasteiger partial charge in [0.25, 0.3) is 5.91 Å². The van der Waals surface area contributed by atoms with Gasteiger partial charge in [0.2, 0.25) is 17.7 Å². The van der Waals surface area contributed by atoms with Crippen LogP contribution in [0.1, 0.15) is 54.6 Å². The maximum absolute atomic E-state index is 13.7. The molecule has 8 nitrogen and oxygen atoms in total. The normalized spacial score (nSPS) is 19.8. The minimum absolute atomic E-state index is 0.0212. The third-order valence-corrected chi connectivity index (χ3v) is 6.62. The fraction of sp³-hybridized carbons (Fsp3) is 0.360. The van der Waals surface area contributed by atoms with E-state index < -0.39 is 35.2 Å². The summed E-state index contributed by atoms with van der Waals surface area (Å²) < 4.78 is 27.0. The van der Waals surface area contributed by atoms with E-state index in [1.54, 1.807) is 34.1 Å². The average Bonchev–Trinajstić information content (AvgIpc) is 3.16. The average molecular weight is 485 g/mol. The van der Waals surface area contributed by atoms with Crippen LogP contribution in [-0.2, 0) is 14.4 Å². The molecular formula is C25H26F2N4O4. The van der Waals surface area contributed by atoms with Crippen molar-refractivity contribution < 1.29 is 28.0 Å². The molecule has 10 heteroatoms. The van der Waals surface area contributed by atoms with E-state index in [-0.39, 0.29) is 36.8 Å². The highest BCUT2D eigenvalue weighted by Crippen LogP contribution is 2.44. The Morgan fingerprint density at radius 1 is 1.11 bits per heavy atom. The summed E-state index contributed by atoms with van der Waals surface area (Å²) in [5.74, 6) is -3.53. The lowest BCUT2D eigenvalue weighted by molar-refractivity contribution is -0.129. The molecule has 0 aromatic heterocycles. The summed E-state index contributed by atoms with van der Waals surface area (Å²) in [5, 5.41) is 4.95. The van der Waals surface area contributed by atoms with Crippen LogP contribution in [0.3, 0.4) is 0 Å². The summed E-state index contributed by atoms with van der Waals surface area (Å²) in [5.41, 5.74) is 0.307. The van der Waals surface area contributed by atoms with E-state index in [1.807, 2.05) is 6.92 Å². The molecule has 35 heavy (non-hydrogen) atoms. The fourth-order valence-electron chi connectivity index (χ4n) is 4.81. The second-order valence-electron chi connectivity index (χ2n) is 8.81. The lowest BCUT2D eigenvalue weighted by atomic mass is 9.97. The third kappa shape index (κ3) is 4.36. The minimum Gasteiger partial charge on any atom is -0.357 e. The van der Waals surface area contributed by atoms with E-state index in [0.29, 0.717) is 24.1 Å². The van der Waals surface area contributed by atoms with Crippen molar-refractivity contribution in [2.45, 2.75) is 44.3 Å². The first-order valence-corrected chi connectivity index (χ1v) is 11.4. The van der Waals surface area contributed by atoms with Crippen molar-refractivity contribution in [3.63, 3.8) is 0 Å². The van der Waals surface area contributed by atoms with Crippen molar-refractivity contribution >= 4 is 29.3 Å². The van der Waals surface area contributed by atoms with Gasteiger partial charge in [0.1, 0.15) is 11.7 Å². The number of anilines is 1. The van der Waals surface area contributed by atoms with Crippen LogP contribution in [0, 0.1) is 11.6 Å². The molecule has 1 fully saturated rings. The standard InChI is InChI=1S/C25H26F2N4O4/c1-25-12-11-21(33)31(25)19-7-4-3-6-16(19)24(35)30(25)13-5-8-20(32)29-22(23(34)28-2)15-9-10-17(26)18(27)14-15/h3-4,6-7,9-10,14,22H,5,8,11-13H2,1-2H3,(H,28,34)(H,29,32). The van der Waals surface area contributed by atoms with E-state index in [2.05, 4.69) is 10.6 Å². The number of para-hydroxylation sites is 1. The number of hydrogen-bond donors (Lipinski definition) is 2. The van der Waals surface area contributed by atoms with E-state index in [1.165, 1.54) is 13.1 Å². The largest absolute Gasteiger partial charge is 0.357 e. The summed E-state index contributed by atoms with van der Waals surface area (Å²) in [6, 6.07) is 8.75. The molecule has 2 aromatic rings. The molecule has 0 radical (unpaired) electrons. The molecule has 2 aliphatic heterocycles. The zero-order valence-electron chi connectivity index (χ0n) is 19.4. The highest BCUT2D eigenvalue weighted by atomic mass is 19.2. The number of halogens is 2. The highest BCUT2D eigenvalue weighted by molar-refractivity contribution is 6.10. The van der Waals surface area contributed by atoms with Gasteiger partial charge in [-0.3, -0.25) is 24.1 Å². The van der Waals surface area contributed by atoms with Crippen molar-refractivity contribution in [1.29, 1.82) is 0 Å². The Kier molecular flexibility index (Phi) is 6.56. The topological polar surface area (TPSA) is 98.8 Å². The second-order valence-corrected chi connectivity index (χ2v) is 8.81. The summed E-state index contributed by atoms with van der Waals surface area (Å²) in [6.07, 6.45) is 1.05. The number of carbonyl (C=O) groups excluding carboxylic acids is 4. The van der Waals surface area contributed by atoms with Crippen molar-refractivity contribution in [1.82, 2.24) is 15.5 Å². The predicted octanol–water partition coefficient (Wildman–Crippen LogP) is 2.65. The molecule has 4 amide bonds. The number of hydrogen-bond acceptors (Lipinski definition) is 4. The molecule has 0 aliphatic carbocycles. The Bertz CT molecular complexity index is 1200. The van der Waals surface area contributed by atoms with Crippen LogP contribution in [0.5, 0.6) is 0 Å². The van der Waals surface area contributed by atoms with Crippen LogP contribution in [0.15, 0.2) is 42.5 Å². The molecule has 184 valence electrons. The van der Waals surface area contributed by atoms with Crippen LogP contribution in [-0.4, -0.2) is 47.8 Å². The number of carbonyl (C=O) groups is 4. The van der Waals surface area contributed by atoms with Crippen LogP contribution in [0.25, 0.3) is 0 Å². The Labute approximate surface area is 201 Å². The Morgan fingerprint density at radius 2 is 1.86 bits per heavy atom. The van der Waals surface area contributed by atoms with Crippen molar-refractivity contribution in [2.24, 2.45) is 0 Å². The quantitative estimate of drug-likeness (QED) is 0.631. The number of fused-ring (bicyclic) bond motifs is 3. The molecule has 2 N–H and O–H groups in total. The van der Waals surface area contributed by atoms with E-state index in [4.69, 9.17) is 0 Å². The van der Waals surface area contributed by atoms with Crippen molar-refractivity contribution in [2.75, 3.05) is 18.5 Å². The number of nitrogens with zero attached hydrogens (tertiary/aromatic N) is 2. The van der Waals surface area contributed by atoms with Gasteiger partial charge in [-0.1, -0.05) is 18.2 Å². The predicted molar refractivity (Wildman–Crippen MR) is 123 cm³/mol. The van der Waals surface area contributed by atoms with Crippen LogP contribution in [0.2, 0.25) is 0 Å². The maximum atomic E-state index is 13.7. The second kappa shape index (κ2) is 9.44. The molecule has 2 aliphatic rings. The van der Waals surface area contributed by atoms with E-state index in [0.717, 1.165) is 12.1 Å². The monoisotopic (exact) mass is 484 g/mol. The van der Waals surface area contributed by atoms with Crippen LogP contribution < -0.4 is 15.5 Å². The Hall–Kier alpha value is -3.82. The zero-order valence-corrected chi connectivity index (χ0v) is 19.4. The smallest absolute Gasteiger partial charge is 0.257 e. The zero-order chi connectivity index (χ0) is 25.3. The van der Waals surface area contributed by atoms with Crippen molar-refractivity contribution in [3.05, 3.63) is 65.2 Å². The number of nitrogens with one attached hydrogen (secondary N) is 2. The van der Waals surface area contributed by atoms with Gasteiger partial charge < -0.3 is 15.5 Å². The lowest BCUT2D eigenvalue weighted by Crippen LogP contribution is -2.62. The highest BCUT2D eigenvalue weighted by Gasteiger charge is 2.52. The summed E-state index contributed by atoms with van der Waals surface area (Å²) in [4.78, 5) is 54.1. The third-order valence-electron chi connectivity index (χ3n) is 6.62.